The van der Waals surface area contributed by atoms with Crippen molar-refractivity contribution < 1.29 is 24.1 Å². The molecule has 1 aromatic rings. The van der Waals surface area contributed by atoms with Crippen LogP contribution in [0, 0.1) is 0 Å². The summed E-state index contributed by atoms with van der Waals surface area (Å²) in [6, 6.07) is 7.00. The molecule has 0 radical (unpaired) electrons. The van der Waals surface area contributed by atoms with Crippen molar-refractivity contribution in [3.63, 3.8) is 0 Å². The Bertz CT molecular complexity index is 594. The zero-order chi connectivity index (χ0) is 21.5. The van der Waals surface area contributed by atoms with Crippen LogP contribution in [-0.4, -0.2) is 70.0 Å². The highest BCUT2D eigenvalue weighted by atomic mass is 32.2. The van der Waals surface area contributed by atoms with Crippen molar-refractivity contribution in [1.29, 1.82) is 0 Å². The summed E-state index contributed by atoms with van der Waals surface area (Å²) in [5, 5.41) is 18.4. The topological polar surface area (TPSA) is 125 Å². The van der Waals surface area contributed by atoms with E-state index in [4.69, 9.17) is 9.94 Å². The lowest BCUT2D eigenvalue weighted by atomic mass is 10.1. The van der Waals surface area contributed by atoms with Gasteiger partial charge in [-0.15, -0.1) is 0 Å². The molecule has 1 heterocycles. The second kappa shape index (κ2) is 15.3. The fraction of sp³-hybridized carbons (Fsp3) is 0.650. The molecule has 0 saturated carbocycles. The molecule has 29 heavy (non-hydrogen) atoms. The smallest absolute Gasteiger partial charge is 0.319 e. The third-order valence-electron chi connectivity index (χ3n) is 4.80. The Morgan fingerprint density at radius 1 is 1.21 bits per heavy atom. The van der Waals surface area contributed by atoms with Gasteiger partial charge in [0.05, 0.1) is 10.8 Å². The number of aliphatic carboxylic acids is 1. The third-order valence-corrected chi connectivity index (χ3v) is 6.49. The van der Waals surface area contributed by atoms with E-state index in [9.17, 15) is 14.1 Å². The van der Waals surface area contributed by atoms with Gasteiger partial charge in [-0.05, 0) is 30.7 Å². The molecule has 2 rings (SSSR count). The van der Waals surface area contributed by atoms with E-state index in [2.05, 4.69) is 23.0 Å². The molecule has 8 nitrogen and oxygen atoms in total. The van der Waals surface area contributed by atoms with Gasteiger partial charge in [-0.1, -0.05) is 32.6 Å². The van der Waals surface area contributed by atoms with E-state index in [-0.39, 0.29) is 0 Å². The molecule has 1 aliphatic heterocycles. The number of piperazine rings is 1. The summed E-state index contributed by atoms with van der Waals surface area (Å²) >= 11 is 0. The Morgan fingerprint density at radius 3 is 2.45 bits per heavy atom. The second-order valence-electron chi connectivity index (χ2n) is 6.89. The van der Waals surface area contributed by atoms with Crippen molar-refractivity contribution in [2.75, 3.05) is 39.3 Å². The Balaban J connectivity index is 0.00000204. The fourth-order valence-corrected chi connectivity index (χ4v) is 4.44. The van der Waals surface area contributed by atoms with E-state index in [0.717, 1.165) is 64.2 Å². The predicted octanol–water partition coefficient (Wildman–Crippen LogP) is 1.84. The summed E-state index contributed by atoms with van der Waals surface area (Å²) in [6.07, 6.45) is 4.40. The lowest BCUT2D eigenvalue weighted by Crippen LogP contribution is -2.44. The number of unbranched alkanes of at least 4 members (excludes halogenated alkanes) is 3. The molecular weight excluding hydrogens is 394 g/mol. The normalized spacial score (nSPS) is 16.4. The largest absolute Gasteiger partial charge is 0.492 e. The van der Waals surface area contributed by atoms with Crippen LogP contribution in [0.15, 0.2) is 29.2 Å². The van der Waals surface area contributed by atoms with Crippen molar-refractivity contribution in [3.05, 3.63) is 24.3 Å². The Morgan fingerprint density at radius 2 is 1.86 bits per heavy atom. The first kappa shape index (κ1) is 25.5. The minimum atomic E-state index is -1.54. The Kier molecular flexibility index (Phi) is 13.5. The van der Waals surface area contributed by atoms with Crippen molar-refractivity contribution >= 4 is 16.8 Å². The van der Waals surface area contributed by atoms with Gasteiger partial charge in [0, 0.05) is 37.6 Å². The third kappa shape index (κ3) is 9.68. The van der Waals surface area contributed by atoms with Gasteiger partial charge in [0.2, 0.25) is 0 Å². The predicted molar refractivity (Wildman–Crippen MR) is 114 cm³/mol. The van der Waals surface area contributed by atoms with Crippen LogP contribution in [0.5, 0.6) is 5.75 Å². The molecule has 1 aliphatic rings. The fourth-order valence-electron chi connectivity index (χ4n) is 3.14. The number of ether oxygens (including phenoxy) is 1. The summed E-state index contributed by atoms with van der Waals surface area (Å²) in [5.41, 5.74) is 0. The number of hydrogen-bond acceptors (Lipinski definition) is 7. The lowest BCUT2D eigenvalue weighted by molar-refractivity contribution is -0.136. The molecule has 0 aliphatic carbocycles. The van der Waals surface area contributed by atoms with Crippen LogP contribution in [0.2, 0.25) is 0 Å². The minimum Gasteiger partial charge on any atom is -0.492 e. The SMILES string of the molecule is CCCCCCC(C(=O)O)S(=O)c1ccc(OCCN2CCNCC2)cc1.NO. The highest BCUT2D eigenvalue weighted by Crippen LogP contribution is 2.20. The molecule has 0 aromatic heterocycles. The molecule has 166 valence electrons. The summed E-state index contributed by atoms with van der Waals surface area (Å²) < 4.78 is 18.4. The standard InChI is InChI=1S/C20H32N2O4S.H3NO/c1-2-3-4-5-6-19(20(23)24)27(25)18-9-7-17(8-10-18)26-16-15-22-13-11-21-12-14-22;1-2/h7-10,19,21H,2-6,11-16H2,1H3,(H,23,24);2H,1H2. The Labute approximate surface area is 175 Å². The number of carboxylic acid groups (broad SMARTS) is 1. The van der Waals surface area contributed by atoms with Gasteiger partial charge in [0.1, 0.15) is 17.6 Å². The monoisotopic (exact) mass is 429 g/mol. The van der Waals surface area contributed by atoms with Crippen LogP contribution in [0.1, 0.15) is 39.0 Å². The average Bonchev–Trinajstić information content (AvgIpc) is 2.76. The molecule has 1 fully saturated rings. The van der Waals surface area contributed by atoms with E-state index >= 15 is 0 Å². The number of nitrogens with one attached hydrogen (secondary N) is 1. The molecule has 0 amide bonds. The number of nitrogens with two attached hydrogens (primary N) is 1. The van der Waals surface area contributed by atoms with Crippen LogP contribution in [0.4, 0.5) is 0 Å². The van der Waals surface area contributed by atoms with Gasteiger partial charge in [0.25, 0.3) is 0 Å². The highest BCUT2D eigenvalue weighted by molar-refractivity contribution is 7.86. The maximum Gasteiger partial charge on any atom is 0.319 e. The van der Waals surface area contributed by atoms with Gasteiger partial charge in [0.15, 0.2) is 0 Å². The number of nitrogens with zero attached hydrogens (tertiary/aromatic N) is 1. The summed E-state index contributed by atoms with van der Waals surface area (Å²) in [4.78, 5) is 14.4. The molecule has 9 heteroatoms. The first-order chi connectivity index (χ1) is 14.1. The van der Waals surface area contributed by atoms with Gasteiger partial charge >= 0.3 is 5.97 Å². The molecule has 5 N–H and O–H groups in total. The molecule has 2 atom stereocenters. The van der Waals surface area contributed by atoms with Crippen LogP contribution in [0.3, 0.4) is 0 Å². The molecule has 1 saturated heterocycles. The van der Waals surface area contributed by atoms with E-state index in [1.807, 2.05) is 0 Å². The quantitative estimate of drug-likeness (QED) is 0.293. The number of carbonyl (C=O) groups is 1. The van der Waals surface area contributed by atoms with Crippen LogP contribution in [0.25, 0.3) is 0 Å². The molecule has 0 spiro atoms. The number of hydrogen-bond donors (Lipinski definition) is 4. The van der Waals surface area contributed by atoms with Crippen LogP contribution in [-0.2, 0) is 15.6 Å². The average molecular weight is 430 g/mol. The van der Waals surface area contributed by atoms with Gasteiger partial charge < -0.3 is 20.4 Å². The van der Waals surface area contributed by atoms with Crippen LogP contribution < -0.4 is 16.0 Å². The molecule has 1 aromatic carbocycles. The zero-order valence-electron chi connectivity index (χ0n) is 17.2. The summed E-state index contributed by atoms with van der Waals surface area (Å²) in [6.45, 7) is 7.71. The maximum absolute atomic E-state index is 12.7. The number of benzene rings is 1. The molecule has 0 bridgehead atoms. The van der Waals surface area contributed by atoms with Crippen molar-refractivity contribution in [2.45, 2.75) is 49.2 Å². The van der Waals surface area contributed by atoms with Gasteiger partial charge in [-0.2, -0.15) is 0 Å². The first-order valence-electron chi connectivity index (χ1n) is 10.2. The summed E-state index contributed by atoms with van der Waals surface area (Å²) in [5.74, 6) is 3.24. The zero-order valence-corrected chi connectivity index (χ0v) is 18.0. The minimum absolute atomic E-state index is 0.449. The van der Waals surface area contributed by atoms with Gasteiger partial charge in [-0.3, -0.25) is 13.9 Å². The highest BCUT2D eigenvalue weighted by Gasteiger charge is 2.25. The second-order valence-corrected chi connectivity index (χ2v) is 8.52. The molecule has 2 unspecified atom stereocenters. The first-order valence-corrected chi connectivity index (χ1v) is 11.4. The van der Waals surface area contributed by atoms with Crippen molar-refractivity contribution in [3.8, 4) is 5.75 Å². The van der Waals surface area contributed by atoms with Crippen molar-refractivity contribution in [2.24, 2.45) is 5.90 Å². The van der Waals surface area contributed by atoms with E-state index < -0.39 is 22.0 Å². The number of rotatable bonds is 12. The van der Waals surface area contributed by atoms with E-state index in [1.165, 1.54) is 0 Å². The lowest BCUT2D eigenvalue weighted by Gasteiger charge is -2.26. The van der Waals surface area contributed by atoms with Gasteiger partial charge in [-0.25, -0.2) is 5.90 Å². The maximum atomic E-state index is 12.7. The van der Waals surface area contributed by atoms with E-state index in [1.54, 1.807) is 24.3 Å². The number of carboxylic acids is 1. The molecular formula is C20H35N3O5S. The van der Waals surface area contributed by atoms with Crippen LogP contribution >= 0.6 is 0 Å². The Hall–Kier alpha value is -1.52. The van der Waals surface area contributed by atoms with E-state index in [0.29, 0.717) is 17.9 Å². The summed E-state index contributed by atoms with van der Waals surface area (Å²) in [7, 11) is -1.54. The van der Waals surface area contributed by atoms with Crippen molar-refractivity contribution in [1.82, 2.24) is 10.2 Å².